The summed E-state index contributed by atoms with van der Waals surface area (Å²) in [5, 5.41) is 4.55. The van der Waals surface area contributed by atoms with E-state index in [9.17, 15) is 9.59 Å². The van der Waals surface area contributed by atoms with Crippen molar-refractivity contribution in [2.24, 2.45) is 0 Å². The highest BCUT2D eigenvalue weighted by atomic mass is 32.2. The fraction of sp³-hybridized carbons (Fsp3) is 0.458. The van der Waals surface area contributed by atoms with Crippen molar-refractivity contribution in [2.75, 3.05) is 11.1 Å². The SMILES string of the molecule is CCc1cccc(CC)c1NC(=O)CSc1nc2sc3c(c2c(=O)n1CC)CCCC3. The van der Waals surface area contributed by atoms with E-state index < -0.39 is 0 Å². The Balaban J connectivity index is 1.58. The second kappa shape index (κ2) is 9.57. The Bertz CT molecular complexity index is 1160. The van der Waals surface area contributed by atoms with Gasteiger partial charge in [0.15, 0.2) is 5.16 Å². The third-order valence-corrected chi connectivity index (χ3v) is 8.11. The van der Waals surface area contributed by atoms with Crippen LogP contribution in [0.4, 0.5) is 5.69 Å². The van der Waals surface area contributed by atoms with Crippen LogP contribution in [0.5, 0.6) is 0 Å². The van der Waals surface area contributed by atoms with Crippen LogP contribution in [0.1, 0.15) is 55.2 Å². The van der Waals surface area contributed by atoms with E-state index in [1.54, 1.807) is 15.9 Å². The number of amides is 1. The number of para-hydroxylation sites is 1. The summed E-state index contributed by atoms with van der Waals surface area (Å²) in [6.45, 7) is 6.70. The van der Waals surface area contributed by atoms with Crippen LogP contribution < -0.4 is 10.9 Å². The van der Waals surface area contributed by atoms with Crippen molar-refractivity contribution < 1.29 is 4.79 Å². The van der Waals surface area contributed by atoms with Crippen molar-refractivity contribution >= 4 is 44.9 Å². The second-order valence-corrected chi connectivity index (χ2v) is 9.86. The van der Waals surface area contributed by atoms with Crippen molar-refractivity contribution in [3.8, 4) is 0 Å². The molecule has 0 saturated heterocycles. The van der Waals surface area contributed by atoms with Crippen LogP contribution in [-0.2, 0) is 37.0 Å². The average molecular weight is 456 g/mol. The Morgan fingerprint density at radius 3 is 2.55 bits per heavy atom. The summed E-state index contributed by atoms with van der Waals surface area (Å²) >= 11 is 3.00. The molecular weight excluding hydrogens is 426 g/mol. The Labute approximate surface area is 191 Å². The lowest BCUT2D eigenvalue weighted by atomic mass is 9.97. The molecule has 0 radical (unpaired) electrons. The minimum absolute atomic E-state index is 0.0411. The number of anilines is 1. The number of hydrogen-bond acceptors (Lipinski definition) is 5. The third-order valence-electron chi connectivity index (χ3n) is 5.95. The van der Waals surface area contributed by atoms with Gasteiger partial charge in [-0.15, -0.1) is 11.3 Å². The van der Waals surface area contributed by atoms with E-state index in [1.165, 1.54) is 28.6 Å². The normalized spacial score (nSPS) is 13.4. The Morgan fingerprint density at radius 1 is 1.16 bits per heavy atom. The number of hydrogen-bond donors (Lipinski definition) is 1. The number of nitrogens with one attached hydrogen (secondary N) is 1. The van der Waals surface area contributed by atoms with Gasteiger partial charge in [-0.1, -0.05) is 43.8 Å². The monoisotopic (exact) mass is 455 g/mol. The van der Waals surface area contributed by atoms with Gasteiger partial charge in [-0.25, -0.2) is 4.98 Å². The van der Waals surface area contributed by atoms with E-state index in [0.29, 0.717) is 11.7 Å². The molecule has 31 heavy (non-hydrogen) atoms. The van der Waals surface area contributed by atoms with Gasteiger partial charge in [0.05, 0.1) is 11.1 Å². The maximum atomic E-state index is 13.2. The summed E-state index contributed by atoms with van der Waals surface area (Å²) in [6.07, 6.45) is 6.08. The van der Waals surface area contributed by atoms with Gasteiger partial charge in [0.2, 0.25) is 5.91 Å². The van der Waals surface area contributed by atoms with E-state index in [0.717, 1.165) is 59.1 Å². The number of nitrogens with zero attached hydrogens (tertiary/aromatic N) is 2. The molecule has 5 nitrogen and oxygen atoms in total. The quantitative estimate of drug-likeness (QED) is 0.392. The van der Waals surface area contributed by atoms with Crippen LogP contribution in [-0.4, -0.2) is 21.2 Å². The number of fused-ring (bicyclic) bond motifs is 3. The van der Waals surface area contributed by atoms with Crippen LogP contribution in [0.2, 0.25) is 0 Å². The fourth-order valence-electron chi connectivity index (χ4n) is 4.32. The molecule has 0 atom stereocenters. The number of benzene rings is 1. The maximum Gasteiger partial charge on any atom is 0.263 e. The van der Waals surface area contributed by atoms with E-state index in [-0.39, 0.29) is 17.2 Å². The summed E-state index contributed by atoms with van der Waals surface area (Å²) in [5.74, 6) is 0.160. The molecule has 3 aromatic rings. The predicted molar refractivity (Wildman–Crippen MR) is 131 cm³/mol. The van der Waals surface area contributed by atoms with Gasteiger partial charge in [0.25, 0.3) is 5.56 Å². The molecule has 2 heterocycles. The number of thiophene rings is 1. The summed E-state index contributed by atoms with van der Waals surface area (Å²) in [6, 6.07) is 6.16. The summed E-state index contributed by atoms with van der Waals surface area (Å²) < 4.78 is 1.72. The van der Waals surface area contributed by atoms with Crippen molar-refractivity contribution in [1.82, 2.24) is 9.55 Å². The number of carbonyl (C=O) groups is 1. The summed E-state index contributed by atoms with van der Waals surface area (Å²) in [5.41, 5.74) is 4.47. The number of aromatic nitrogens is 2. The van der Waals surface area contributed by atoms with Crippen LogP contribution in [0.15, 0.2) is 28.2 Å². The zero-order valence-electron chi connectivity index (χ0n) is 18.4. The van der Waals surface area contributed by atoms with Gasteiger partial charge < -0.3 is 5.32 Å². The predicted octanol–water partition coefficient (Wildman–Crippen LogP) is 5.21. The van der Waals surface area contributed by atoms with Crippen LogP contribution in [0.25, 0.3) is 10.2 Å². The van der Waals surface area contributed by atoms with Crippen LogP contribution >= 0.6 is 23.1 Å². The minimum atomic E-state index is -0.0666. The molecule has 0 aliphatic heterocycles. The van der Waals surface area contributed by atoms with Gasteiger partial charge in [0, 0.05) is 17.1 Å². The molecule has 0 fully saturated rings. The molecule has 1 aliphatic carbocycles. The zero-order chi connectivity index (χ0) is 22.0. The molecule has 0 saturated carbocycles. The topological polar surface area (TPSA) is 64.0 Å². The lowest BCUT2D eigenvalue weighted by Gasteiger charge is -2.15. The molecule has 7 heteroatoms. The Kier molecular flexibility index (Phi) is 6.82. The Morgan fingerprint density at radius 2 is 1.87 bits per heavy atom. The first-order valence-electron chi connectivity index (χ1n) is 11.2. The number of thioether (sulfide) groups is 1. The largest absolute Gasteiger partial charge is 0.325 e. The molecule has 4 rings (SSSR count). The molecule has 2 aromatic heterocycles. The van der Waals surface area contributed by atoms with Gasteiger partial charge in [-0.05, 0) is 62.1 Å². The molecule has 1 aromatic carbocycles. The molecule has 0 unspecified atom stereocenters. The lowest BCUT2D eigenvalue weighted by molar-refractivity contribution is -0.113. The first kappa shape index (κ1) is 22.1. The van der Waals surface area contributed by atoms with E-state index >= 15 is 0 Å². The van der Waals surface area contributed by atoms with Crippen molar-refractivity contribution in [3.63, 3.8) is 0 Å². The highest BCUT2D eigenvalue weighted by Crippen LogP contribution is 2.34. The molecule has 1 N–H and O–H groups in total. The standard InChI is InChI=1S/C24H29N3O2S2/c1-4-15-10-9-11-16(5-2)21(15)25-19(28)14-30-24-26-22-20(23(29)27(24)6-3)17-12-7-8-13-18(17)31-22/h9-11H,4-8,12-14H2,1-3H3,(H,25,28). The molecule has 1 amide bonds. The highest BCUT2D eigenvalue weighted by molar-refractivity contribution is 7.99. The zero-order valence-corrected chi connectivity index (χ0v) is 20.0. The highest BCUT2D eigenvalue weighted by Gasteiger charge is 2.22. The lowest BCUT2D eigenvalue weighted by Crippen LogP contribution is -2.24. The molecule has 1 aliphatic rings. The van der Waals surface area contributed by atoms with Crippen molar-refractivity contribution in [1.29, 1.82) is 0 Å². The summed E-state index contributed by atoms with van der Waals surface area (Å²) in [7, 11) is 0. The minimum Gasteiger partial charge on any atom is -0.325 e. The van der Waals surface area contributed by atoms with E-state index in [4.69, 9.17) is 4.98 Å². The Hall–Kier alpha value is -2.12. The smallest absolute Gasteiger partial charge is 0.263 e. The van der Waals surface area contributed by atoms with Gasteiger partial charge >= 0.3 is 0 Å². The average Bonchev–Trinajstić information content (AvgIpc) is 3.16. The third kappa shape index (κ3) is 4.30. The number of aryl methyl sites for hydroxylation is 4. The number of carbonyl (C=O) groups excluding carboxylic acids is 1. The molecule has 164 valence electrons. The summed E-state index contributed by atoms with van der Waals surface area (Å²) in [4.78, 5) is 33.0. The van der Waals surface area contributed by atoms with Crippen molar-refractivity contribution in [3.05, 3.63) is 50.1 Å². The van der Waals surface area contributed by atoms with E-state index in [2.05, 4.69) is 31.3 Å². The van der Waals surface area contributed by atoms with Gasteiger partial charge in [-0.3, -0.25) is 14.2 Å². The molecular formula is C24H29N3O2S2. The fourth-order valence-corrected chi connectivity index (χ4v) is 6.48. The molecule has 0 spiro atoms. The van der Waals surface area contributed by atoms with Crippen molar-refractivity contribution in [2.45, 2.75) is 71.0 Å². The van der Waals surface area contributed by atoms with E-state index in [1.807, 2.05) is 13.0 Å². The first-order valence-corrected chi connectivity index (χ1v) is 13.0. The van der Waals surface area contributed by atoms with Crippen LogP contribution in [0.3, 0.4) is 0 Å². The van der Waals surface area contributed by atoms with Gasteiger partial charge in [0.1, 0.15) is 4.83 Å². The first-order chi connectivity index (χ1) is 15.1. The number of rotatable bonds is 7. The van der Waals surface area contributed by atoms with Crippen LogP contribution in [0, 0.1) is 0 Å². The van der Waals surface area contributed by atoms with Gasteiger partial charge in [-0.2, -0.15) is 0 Å². The second-order valence-electron chi connectivity index (χ2n) is 7.83. The maximum absolute atomic E-state index is 13.2. The molecule has 0 bridgehead atoms.